The SMILES string of the molecule is Cc1cc(C[NH+]2CC3CCC2Cc2ccccc2C3)ccc1C=O. The maximum absolute atomic E-state index is 11.0. The predicted octanol–water partition coefficient (Wildman–Crippen LogP) is 2.77. The lowest BCUT2D eigenvalue weighted by Gasteiger charge is -2.39. The summed E-state index contributed by atoms with van der Waals surface area (Å²) in [7, 11) is 0. The molecule has 1 aliphatic carbocycles. The summed E-state index contributed by atoms with van der Waals surface area (Å²) in [6, 6.07) is 16.1. The highest BCUT2D eigenvalue weighted by atomic mass is 16.1. The van der Waals surface area contributed by atoms with Gasteiger partial charge < -0.3 is 4.90 Å². The molecule has 1 saturated heterocycles. The number of carbonyl (C=O) groups is 1. The van der Waals surface area contributed by atoms with Crippen LogP contribution in [0.4, 0.5) is 0 Å². The third kappa shape index (κ3) is 3.03. The van der Waals surface area contributed by atoms with Gasteiger partial charge in [-0.2, -0.15) is 0 Å². The molecule has 0 radical (unpaired) electrons. The molecule has 0 spiro atoms. The molecule has 2 heterocycles. The maximum Gasteiger partial charge on any atom is 0.150 e. The highest BCUT2D eigenvalue weighted by Crippen LogP contribution is 2.25. The number of benzene rings is 2. The van der Waals surface area contributed by atoms with Crippen molar-refractivity contribution in [2.45, 2.75) is 45.2 Å². The van der Waals surface area contributed by atoms with E-state index in [4.69, 9.17) is 0 Å². The average molecular weight is 320 g/mol. The molecular weight excluding hydrogens is 294 g/mol. The maximum atomic E-state index is 11.0. The van der Waals surface area contributed by atoms with Crippen LogP contribution in [0.25, 0.3) is 0 Å². The Labute approximate surface area is 144 Å². The standard InChI is InChI=1S/C22H25NO/c1-16-10-17(6-8-21(16)15-24)13-23-14-18-7-9-22(23)12-20-5-3-2-4-19(20)11-18/h2-6,8,10,15,18,22H,7,9,11-14H2,1H3/p+1. The van der Waals surface area contributed by atoms with Crippen molar-refractivity contribution in [1.82, 2.24) is 0 Å². The molecule has 1 fully saturated rings. The summed E-state index contributed by atoms with van der Waals surface area (Å²) in [5.41, 5.74) is 6.43. The molecule has 2 aromatic rings. The van der Waals surface area contributed by atoms with Crippen LogP contribution in [0.3, 0.4) is 0 Å². The van der Waals surface area contributed by atoms with Gasteiger partial charge in [0.1, 0.15) is 12.8 Å². The predicted molar refractivity (Wildman–Crippen MR) is 96.5 cm³/mol. The van der Waals surface area contributed by atoms with Crippen molar-refractivity contribution < 1.29 is 9.69 Å². The number of piperidine rings is 1. The average Bonchev–Trinajstić information content (AvgIpc) is 2.56. The Balaban J connectivity index is 1.57. The first-order valence-electron chi connectivity index (χ1n) is 9.19. The van der Waals surface area contributed by atoms with Crippen LogP contribution in [0.5, 0.6) is 0 Å². The minimum Gasteiger partial charge on any atom is -0.328 e. The van der Waals surface area contributed by atoms with Gasteiger partial charge in [-0.15, -0.1) is 0 Å². The zero-order valence-electron chi connectivity index (χ0n) is 14.4. The van der Waals surface area contributed by atoms with E-state index in [-0.39, 0.29) is 0 Å². The van der Waals surface area contributed by atoms with E-state index in [1.165, 1.54) is 37.8 Å². The molecule has 2 bridgehead atoms. The molecule has 2 aliphatic heterocycles. The first-order chi connectivity index (χ1) is 11.7. The Kier molecular flexibility index (Phi) is 4.24. The monoisotopic (exact) mass is 320 g/mol. The summed E-state index contributed by atoms with van der Waals surface area (Å²) in [6.45, 7) is 4.41. The van der Waals surface area contributed by atoms with Crippen LogP contribution in [0.2, 0.25) is 0 Å². The van der Waals surface area contributed by atoms with E-state index in [1.54, 1.807) is 16.0 Å². The van der Waals surface area contributed by atoms with Gasteiger partial charge in [0.2, 0.25) is 0 Å². The molecule has 3 unspecified atom stereocenters. The molecule has 5 rings (SSSR count). The molecule has 1 N–H and O–H groups in total. The minimum absolute atomic E-state index is 0.730. The smallest absolute Gasteiger partial charge is 0.150 e. The summed E-state index contributed by atoms with van der Waals surface area (Å²) in [5, 5.41) is 0. The van der Waals surface area contributed by atoms with Crippen LogP contribution >= 0.6 is 0 Å². The zero-order valence-corrected chi connectivity index (χ0v) is 14.4. The van der Waals surface area contributed by atoms with Crippen molar-refractivity contribution in [3.05, 3.63) is 70.3 Å². The molecule has 124 valence electrons. The Morgan fingerprint density at radius 2 is 1.88 bits per heavy atom. The number of nitrogens with one attached hydrogen (secondary N) is 1. The van der Waals surface area contributed by atoms with Crippen LogP contribution in [0.1, 0.15) is 45.5 Å². The fraction of sp³-hybridized carbons (Fsp3) is 0.409. The van der Waals surface area contributed by atoms with E-state index >= 15 is 0 Å². The fourth-order valence-corrected chi connectivity index (χ4v) is 4.69. The van der Waals surface area contributed by atoms with Crippen molar-refractivity contribution in [2.24, 2.45) is 5.92 Å². The van der Waals surface area contributed by atoms with Crippen molar-refractivity contribution in [3.8, 4) is 0 Å². The number of hydrogen-bond donors (Lipinski definition) is 1. The summed E-state index contributed by atoms with van der Waals surface area (Å²) in [5.74, 6) is 0.813. The number of aldehydes is 1. The van der Waals surface area contributed by atoms with Crippen molar-refractivity contribution in [3.63, 3.8) is 0 Å². The highest BCUT2D eigenvalue weighted by molar-refractivity contribution is 5.77. The molecule has 2 nitrogen and oxygen atoms in total. The Morgan fingerprint density at radius 3 is 2.62 bits per heavy atom. The molecule has 0 amide bonds. The second kappa shape index (κ2) is 6.52. The zero-order chi connectivity index (χ0) is 16.5. The molecule has 2 heteroatoms. The van der Waals surface area contributed by atoms with Gasteiger partial charge in [0.05, 0.1) is 12.6 Å². The molecule has 0 aromatic heterocycles. The van der Waals surface area contributed by atoms with Crippen LogP contribution in [-0.2, 0) is 19.4 Å². The molecule has 0 saturated carbocycles. The number of aryl methyl sites for hydroxylation is 1. The number of rotatable bonds is 3. The van der Waals surface area contributed by atoms with Gasteiger partial charge in [0.15, 0.2) is 0 Å². The van der Waals surface area contributed by atoms with E-state index in [0.29, 0.717) is 0 Å². The van der Waals surface area contributed by atoms with E-state index in [2.05, 4.69) is 36.4 Å². The van der Waals surface area contributed by atoms with Gasteiger partial charge in [-0.1, -0.05) is 36.4 Å². The lowest BCUT2D eigenvalue weighted by molar-refractivity contribution is -0.947. The normalized spacial score (nSPS) is 25.6. The van der Waals surface area contributed by atoms with Crippen molar-refractivity contribution in [2.75, 3.05) is 6.54 Å². The van der Waals surface area contributed by atoms with Gasteiger partial charge in [-0.3, -0.25) is 4.79 Å². The van der Waals surface area contributed by atoms with Gasteiger partial charge in [-0.05, 0) is 42.5 Å². The lowest BCUT2D eigenvalue weighted by Crippen LogP contribution is -3.16. The fourth-order valence-electron chi connectivity index (χ4n) is 4.69. The number of carbonyl (C=O) groups excluding carboxylic acids is 1. The van der Waals surface area contributed by atoms with Crippen molar-refractivity contribution in [1.29, 1.82) is 0 Å². The van der Waals surface area contributed by atoms with Crippen molar-refractivity contribution >= 4 is 6.29 Å². The third-order valence-corrected chi connectivity index (χ3v) is 6.04. The Bertz CT molecular complexity index is 751. The van der Waals surface area contributed by atoms with Crippen LogP contribution in [0, 0.1) is 12.8 Å². The molecule has 2 aromatic carbocycles. The third-order valence-electron chi connectivity index (χ3n) is 6.04. The largest absolute Gasteiger partial charge is 0.328 e. The summed E-state index contributed by atoms with van der Waals surface area (Å²) in [4.78, 5) is 12.8. The van der Waals surface area contributed by atoms with Crippen LogP contribution < -0.4 is 4.90 Å². The molecular formula is C22H26NO+. The molecule has 3 atom stereocenters. The quantitative estimate of drug-likeness (QED) is 0.863. The summed E-state index contributed by atoms with van der Waals surface area (Å²) >= 11 is 0. The first kappa shape index (κ1) is 15.6. The number of fused-ring (bicyclic) bond motifs is 2. The van der Waals surface area contributed by atoms with E-state index in [1.807, 2.05) is 13.0 Å². The Hall–Kier alpha value is -1.93. The second-order valence-corrected chi connectivity index (χ2v) is 7.67. The van der Waals surface area contributed by atoms with Gasteiger partial charge in [0, 0.05) is 29.9 Å². The van der Waals surface area contributed by atoms with Crippen LogP contribution in [0.15, 0.2) is 42.5 Å². The highest BCUT2D eigenvalue weighted by Gasteiger charge is 2.34. The topological polar surface area (TPSA) is 21.5 Å². The molecule has 3 aliphatic rings. The van der Waals surface area contributed by atoms with Gasteiger partial charge in [-0.25, -0.2) is 0 Å². The number of hydrogen-bond acceptors (Lipinski definition) is 1. The lowest BCUT2D eigenvalue weighted by atomic mass is 9.80. The first-order valence-corrected chi connectivity index (χ1v) is 9.19. The summed E-state index contributed by atoms with van der Waals surface area (Å²) in [6.07, 6.45) is 6.14. The van der Waals surface area contributed by atoms with E-state index in [0.717, 1.165) is 35.9 Å². The summed E-state index contributed by atoms with van der Waals surface area (Å²) < 4.78 is 0. The van der Waals surface area contributed by atoms with Gasteiger partial charge in [0.25, 0.3) is 0 Å². The Morgan fingerprint density at radius 1 is 1.08 bits per heavy atom. The minimum atomic E-state index is 0.730. The van der Waals surface area contributed by atoms with E-state index in [9.17, 15) is 4.79 Å². The number of quaternary nitrogens is 1. The second-order valence-electron chi connectivity index (χ2n) is 7.67. The molecule has 24 heavy (non-hydrogen) atoms. The van der Waals surface area contributed by atoms with Crippen LogP contribution in [-0.4, -0.2) is 18.9 Å². The van der Waals surface area contributed by atoms with E-state index < -0.39 is 0 Å². The van der Waals surface area contributed by atoms with Gasteiger partial charge >= 0.3 is 0 Å².